The highest BCUT2D eigenvalue weighted by atomic mass is 16.5. The molecule has 0 amide bonds. The van der Waals surface area contributed by atoms with E-state index in [0.29, 0.717) is 18.3 Å². The summed E-state index contributed by atoms with van der Waals surface area (Å²) in [6.07, 6.45) is 1.87. The number of benzene rings is 1. The molecule has 0 aromatic heterocycles. The number of carbonyl (C=O) groups excluding carboxylic acids is 1. The van der Waals surface area contributed by atoms with Gasteiger partial charge in [-0.1, -0.05) is 37.3 Å². The fraction of sp³-hybridized carbons (Fsp3) is 0.533. The summed E-state index contributed by atoms with van der Waals surface area (Å²) in [5, 5.41) is 0. The standard InChI is InChI=1S/C15H20O2/c1-11(8-9-17-2)15(16)14-10-13(14)12-6-4-3-5-7-12/h3-7,11,13-14H,8-10H2,1-2H3. The lowest BCUT2D eigenvalue weighted by Crippen LogP contribution is -2.15. The van der Waals surface area contributed by atoms with Gasteiger partial charge in [-0.3, -0.25) is 4.79 Å². The Morgan fingerprint density at radius 1 is 1.41 bits per heavy atom. The molecule has 0 N–H and O–H groups in total. The number of Topliss-reactive ketones (excluding diaryl/α,β-unsaturated/α-hetero) is 1. The molecule has 0 bridgehead atoms. The number of hydrogen-bond acceptors (Lipinski definition) is 2. The van der Waals surface area contributed by atoms with Crippen LogP contribution in [-0.4, -0.2) is 19.5 Å². The summed E-state index contributed by atoms with van der Waals surface area (Å²) >= 11 is 0. The van der Waals surface area contributed by atoms with Crippen LogP contribution in [0.25, 0.3) is 0 Å². The second-order valence-corrected chi connectivity index (χ2v) is 4.94. The molecule has 1 aromatic rings. The van der Waals surface area contributed by atoms with E-state index < -0.39 is 0 Å². The molecular formula is C15H20O2. The molecule has 1 saturated carbocycles. The first-order valence-electron chi connectivity index (χ1n) is 6.31. The minimum atomic E-state index is 0.133. The molecule has 0 radical (unpaired) electrons. The average molecular weight is 232 g/mol. The molecule has 3 atom stereocenters. The Balaban J connectivity index is 1.88. The highest BCUT2D eigenvalue weighted by molar-refractivity contribution is 5.86. The molecule has 2 heteroatoms. The zero-order chi connectivity index (χ0) is 12.3. The van der Waals surface area contributed by atoms with Gasteiger partial charge in [0, 0.05) is 25.6 Å². The van der Waals surface area contributed by atoms with Crippen LogP contribution >= 0.6 is 0 Å². The maximum absolute atomic E-state index is 12.1. The number of carbonyl (C=O) groups is 1. The van der Waals surface area contributed by atoms with E-state index in [1.54, 1.807) is 7.11 Å². The minimum absolute atomic E-state index is 0.133. The quantitative estimate of drug-likeness (QED) is 0.753. The van der Waals surface area contributed by atoms with Crippen LogP contribution < -0.4 is 0 Å². The Hall–Kier alpha value is -1.15. The lowest BCUT2D eigenvalue weighted by Gasteiger charge is -2.09. The molecule has 3 unspecified atom stereocenters. The van der Waals surface area contributed by atoms with Gasteiger partial charge in [-0.05, 0) is 24.3 Å². The Kier molecular flexibility index (Phi) is 3.95. The van der Waals surface area contributed by atoms with Crippen molar-refractivity contribution in [2.24, 2.45) is 11.8 Å². The van der Waals surface area contributed by atoms with Gasteiger partial charge in [0.1, 0.15) is 5.78 Å². The third-order valence-electron chi connectivity index (χ3n) is 3.62. The van der Waals surface area contributed by atoms with E-state index in [1.165, 1.54) is 5.56 Å². The summed E-state index contributed by atoms with van der Waals surface area (Å²) in [6, 6.07) is 10.4. The van der Waals surface area contributed by atoms with Gasteiger partial charge in [0.15, 0.2) is 0 Å². The van der Waals surface area contributed by atoms with E-state index in [1.807, 2.05) is 25.1 Å². The molecular weight excluding hydrogens is 212 g/mol. The van der Waals surface area contributed by atoms with Crippen LogP contribution in [0.3, 0.4) is 0 Å². The molecule has 1 aromatic carbocycles. The van der Waals surface area contributed by atoms with Crippen LogP contribution in [0.4, 0.5) is 0 Å². The van der Waals surface area contributed by atoms with Crippen LogP contribution in [0.15, 0.2) is 30.3 Å². The first kappa shape index (κ1) is 12.3. The van der Waals surface area contributed by atoms with Crippen LogP contribution in [0.5, 0.6) is 0 Å². The average Bonchev–Trinajstić information content (AvgIpc) is 3.16. The SMILES string of the molecule is COCCC(C)C(=O)C1CC1c1ccccc1. The van der Waals surface area contributed by atoms with Crippen LogP contribution in [0.2, 0.25) is 0 Å². The molecule has 92 valence electrons. The van der Waals surface area contributed by atoms with Gasteiger partial charge in [-0.25, -0.2) is 0 Å². The Labute approximate surface area is 103 Å². The van der Waals surface area contributed by atoms with Crippen molar-refractivity contribution in [3.63, 3.8) is 0 Å². The van der Waals surface area contributed by atoms with Gasteiger partial charge in [0.25, 0.3) is 0 Å². The lowest BCUT2D eigenvalue weighted by molar-refractivity contribution is -0.124. The monoisotopic (exact) mass is 232 g/mol. The van der Waals surface area contributed by atoms with Crippen molar-refractivity contribution >= 4 is 5.78 Å². The van der Waals surface area contributed by atoms with Gasteiger partial charge in [0.2, 0.25) is 0 Å². The third-order valence-corrected chi connectivity index (χ3v) is 3.62. The summed E-state index contributed by atoms with van der Waals surface area (Å²) in [4.78, 5) is 12.1. The third kappa shape index (κ3) is 2.95. The van der Waals surface area contributed by atoms with E-state index in [2.05, 4.69) is 12.1 Å². The minimum Gasteiger partial charge on any atom is -0.385 e. The molecule has 0 spiro atoms. The van der Waals surface area contributed by atoms with Crippen molar-refractivity contribution in [1.82, 2.24) is 0 Å². The van der Waals surface area contributed by atoms with Gasteiger partial charge in [-0.15, -0.1) is 0 Å². The molecule has 0 aliphatic heterocycles. The first-order chi connectivity index (χ1) is 8.24. The first-order valence-corrected chi connectivity index (χ1v) is 6.31. The van der Waals surface area contributed by atoms with Crippen molar-refractivity contribution in [3.05, 3.63) is 35.9 Å². The smallest absolute Gasteiger partial charge is 0.139 e. The molecule has 1 aliphatic rings. The number of ether oxygens (including phenoxy) is 1. The summed E-state index contributed by atoms with van der Waals surface area (Å²) < 4.78 is 5.02. The fourth-order valence-corrected chi connectivity index (χ4v) is 2.38. The molecule has 17 heavy (non-hydrogen) atoms. The molecule has 2 rings (SSSR count). The normalized spacial score (nSPS) is 24.4. The maximum Gasteiger partial charge on any atom is 0.139 e. The fourth-order valence-electron chi connectivity index (χ4n) is 2.38. The van der Waals surface area contributed by atoms with Gasteiger partial charge >= 0.3 is 0 Å². The summed E-state index contributed by atoms with van der Waals surface area (Å²) in [5.41, 5.74) is 1.31. The van der Waals surface area contributed by atoms with Crippen molar-refractivity contribution in [1.29, 1.82) is 0 Å². The van der Waals surface area contributed by atoms with Gasteiger partial charge < -0.3 is 4.74 Å². The second-order valence-electron chi connectivity index (χ2n) is 4.94. The topological polar surface area (TPSA) is 26.3 Å². The van der Waals surface area contributed by atoms with Crippen molar-refractivity contribution in [2.45, 2.75) is 25.7 Å². The highest BCUT2D eigenvalue weighted by Crippen LogP contribution is 2.49. The van der Waals surface area contributed by atoms with Crippen LogP contribution in [-0.2, 0) is 9.53 Å². The van der Waals surface area contributed by atoms with Crippen molar-refractivity contribution in [3.8, 4) is 0 Å². The summed E-state index contributed by atoms with van der Waals surface area (Å²) in [5.74, 6) is 1.27. The molecule has 0 heterocycles. The number of rotatable bonds is 6. The maximum atomic E-state index is 12.1. The molecule has 1 fully saturated rings. The predicted octanol–water partition coefficient (Wildman–Crippen LogP) is 3.03. The van der Waals surface area contributed by atoms with Gasteiger partial charge in [0.05, 0.1) is 0 Å². The second kappa shape index (κ2) is 5.46. The van der Waals surface area contributed by atoms with E-state index in [4.69, 9.17) is 4.74 Å². The lowest BCUT2D eigenvalue weighted by atomic mass is 9.97. The van der Waals surface area contributed by atoms with Crippen molar-refractivity contribution < 1.29 is 9.53 Å². The zero-order valence-electron chi connectivity index (χ0n) is 10.6. The van der Waals surface area contributed by atoms with Crippen LogP contribution in [0, 0.1) is 11.8 Å². The summed E-state index contributed by atoms with van der Waals surface area (Å²) in [7, 11) is 1.68. The van der Waals surface area contributed by atoms with Crippen molar-refractivity contribution in [2.75, 3.05) is 13.7 Å². The molecule has 2 nitrogen and oxygen atoms in total. The van der Waals surface area contributed by atoms with E-state index in [0.717, 1.165) is 12.8 Å². The van der Waals surface area contributed by atoms with Crippen LogP contribution in [0.1, 0.15) is 31.2 Å². The largest absolute Gasteiger partial charge is 0.385 e. The zero-order valence-corrected chi connectivity index (χ0v) is 10.6. The number of hydrogen-bond donors (Lipinski definition) is 0. The number of ketones is 1. The Morgan fingerprint density at radius 2 is 2.12 bits per heavy atom. The highest BCUT2D eigenvalue weighted by Gasteiger charge is 2.44. The van der Waals surface area contributed by atoms with Gasteiger partial charge in [-0.2, -0.15) is 0 Å². The predicted molar refractivity (Wildman–Crippen MR) is 68.0 cm³/mol. The van der Waals surface area contributed by atoms with E-state index >= 15 is 0 Å². The molecule has 1 aliphatic carbocycles. The Morgan fingerprint density at radius 3 is 2.76 bits per heavy atom. The number of methoxy groups -OCH3 is 1. The molecule has 0 saturated heterocycles. The van der Waals surface area contributed by atoms with E-state index in [-0.39, 0.29) is 11.8 Å². The summed E-state index contributed by atoms with van der Waals surface area (Å²) in [6.45, 7) is 2.69. The Bertz CT molecular complexity index is 372. The van der Waals surface area contributed by atoms with E-state index in [9.17, 15) is 4.79 Å².